The summed E-state index contributed by atoms with van der Waals surface area (Å²) < 4.78 is 5.36. The molecular weight excluding hydrogens is 400 g/mol. The average Bonchev–Trinajstić information content (AvgIpc) is 2.84. The minimum absolute atomic E-state index is 0.157. The third-order valence-corrected chi connectivity index (χ3v) is 5.33. The van der Waals surface area contributed by atoms with Gasteiger partial charge in [0.15, 0.2) is 0 Å². The average molecular weight is 425 g/mol. The molecule has 0 spiro atoms. The van der Waals surface area contributed by atoms with E-state index in [1.807, 2.05) is 72.8 Å². The van der Waals surface area contributed by atoms with E-state index in [9.17, 15) is 9.59 Å². The van der Waals surface area contributed by atoms with Crippen LogP contribution in [-0.4, -0.2) is 18.4 Å². The van der Waals surface area contributed by atoms with Gasteiger partial charge in [0, 0.05) is 12.2 Å². The molecule has 0 radical (unpaired) electrons. The molecule has 1 amide bonds. The Hall–Kier alpha value is -3.96. The number of hydrogen-bond acceptors (Lipinski definition) is 4. The topological polar surface area (TPSA) is 81.4 Å². The summed E-state index contributed by atoms with van der Waals surface area (Å²) in [6.45, 7) is 0.340. The summed E-state index contributed by atoms with van der Waals surface area (Å²) in [5, 5.41) is 5.14. The number of carbonyl (C=O) groups excluding carboxylic acids is 2. The summed E-state index contributed by atoms with van der Waals surface area (Å²) in [5.41, 5.74) is 8.81. The number of ether oxygens (including phenoxy) is 1. The fourth-order valence-corrected chi connectivity index (χ4v) is 3.54. The molecule has 0 unspecified atom stereocenters. The largest absolute Gasteiger partial charge is 0.457 e. The van der Waals surface area contributed by atoms with Gasteiger partial charge in [-0.25, -0.2) is 4.79 Å². The number of rotatable bonds is 7. The van der Waals surface area contributed by atoms with E-state index < -0.39 is 5.92 Å². The van der Waals surface area contributed by atoms with Crippen molar-refractivity contribution < 1.29 is 14.3 Å². The van der Waals surface area contributed by atoms with Crippen molar-refractivity contribution in [3.8, 4) is 0 Å². The zero-order valence-corrected chi connectivity index (χ0v) is 17.5. The van der Waals surface area contributed by atoms with Gasteiger partial charge in [-0.15, -0.1) is 0 Å². The second kappa shape index (κ2) is 9.90. The van der Waals surface area contributed by atoms with Crippen molar-refractivity contribution in [1.29, 1.82) is 0 Å². The number of nitrogens with one attached hydrogen (secondary N) is 1. The maximum atomic E-state index is 12.9. The first-order valence-corrected chi connectivity index (χ1v) is 10.4. The highest BCUT2D eigenvalue weighted by atomic mass is 16.5. The van der Waals surface area contributed by atoms with Crippen LogP contribution in [0.1, 0.15) is 27.4 Å². The van der Waals surface area contributed by atoms with Crippen LogP contribution in [0.15, 0.2) is 97.1 Å². The van der Waals surface area contributed by atoms with E-state index in [0.29, 0.717) is 5.56 Å². The molecule has 0 saturated carbocycles. The van der Waals surface area contributed by atoms with Crippen molar-refractivity contribution in [3.05, 3.63) is 114 Å². The number of anilines is 1. The molecule has 5 heteroatoms. The van der Waals surface area contributed by atoms with Crippen molar-refractivity contribution in [3.63, 3.8) is 0 Å². The summed E-state index contributed by atoms with van der Waals surface area (Å²) in [6, 6.07) is 30.1. The van der Waals surface area contributed by atoms with E-state index in [2.05, 4.69) is 5.32 Å². The van der Waals surface area contributed by atoms with Crippen LogP contribution in [-0.2, 0) is 16.1 Å². The first-order valence-electron chi connectivity index (χ1n) is 10.4. The van der Waals surface area contributed by atoms with Crippen LogP contribution in [0, 0.1) is 0 Å². The lowest BCUT2D eigenvalue weighted by molar-refractivity contribution is -0.117. The van der Waals surface area contributed by atoms with E-state index in [4.69, 9.17) is 10.5 Å². The Morgan fingerprint density at radius 1 is 0.812 bits per heavy atom. The van der Waals surface area contributed by atoms with E-state index >= 15 is 0 Å². The normalized spacial score (nSPS) is 11.7. The Labute approximate surface area is 186 Å². The monoisotopic (exact) mass is 424 g/mol. The van der Waals surface area contributed by atoms with Gasteiger partial charge in [0.25, 0.3) is 0 Å². The summed E-state index contributed by atoms with van der Waals surface area (Å²) in [4.78, 5) is 25.0. The summed E-state index contributed by atoms with van der Waals surface area (Å²) >= 11 is 0. The van der Waals surface area contributed by atoms with Crippen molar-refractivity contribution in [2.24, 2.45) is 5.73 Å². The molecule has 0 heterocycles. The summed E-state index contributed by atoms with van der Waals surface area (Å²) in [7, 11) is 0. The third-order valence-electron chi connectivity index (χ3n) is 5.33. The first kappa shape index (κ1) is 21.3. The van der Waals surface area contributed by atoms with Gasteiger partial charge in [0.1, 0.15) is 6.61 Å². The third kappa shape index (κ3) is 5.02. The first-order chi connectivity index (χ1) is 15.6. The number of fused-ring (bicyclic) bond motifs is 1. The van der Waals surface area contributed by atoms with Gasteiger partial charge in [-0.05, 0) is 46.2 Å². The quantitative estimate of drug-likeness (QED) is 0.415. The summed E-state index contributed by atoms with van der Waals surface area (Å²) in [6.07, 6.45) is 0. The molecule has 0 fully saturated rings. The molecule has 5 nitrogen and oxygen atoms in total. The Bertz CT molecular complexity index is 1220. The number of esters is 1. The Kier molecular flexibility index (Phi) is 6.58. The second-order valence-electron chi connectivity index (χ2n) is 7.52. The van der Waals surface area contributed by atoms with Crippen molar-refractivity contribution in [2.75, 3.05) is 11.9 Å². The molecule has 0 bridgehead atoms. The zero-order valence-electron chi connectivity index (χ0n) is 17.5. The fraction of sp³-hybridized carbons (Fsp3) is 0.111. The number of hydrogen-bond donors (Lipinski definition) is 2. The van der Waals surface area contributed by atoms with Gasteiger partial charge in [-0.1, -0.05) is 72.8 Å². The van der Waals surface area contributed by atoms with E-state index in [1.165, 1.54) is 0 Å². The van der Waals surface area contributed by atoms with Crippen LogP contribution >= 0.6 is 0 Å². The molecule has 160 valence electrons. The standard InChI is InChI=1S/C27H24N2O3/c28-17-25(26(30)29-24-15-14-20-6-4-5-9-23(20)16-24)21-12-10-19(11-13-21)18-32-27(31)22-7-2-1-3-8-22/h1-16,25H,17-18,28H2,(H,29,30)/t25-/m1/s1. The van der Waals surface area contributed by atoms with Crippen molar-refractivity contribution >= 4 is 28.3 Å². The van der Waals surface area contributed by atoms with Gasteiger partial charge < -0.3 is 15.8 Å². The minimum atomic E-state index is -0.484. The van der Waals surface area contributed by atoms with Crippen LogP contribution in [0.2, 0.25) is 0 Å². The predicted octanol–water partition coefficient (Wildman–Crippen LogP) is 4.88. The highest BCUT2D eigenvalue weighted by Gasteiger charge is 2.19. The Morgan fingerprint density at radius 2 is 1.50 bits per heavy atom. The maximum Gasteiger partial charge on any atom is 0.338 e. The Morgan fingerprint density at radius 3 is 2.22 bits per heavy atom. The zero-order chi connectivity index (χ0) is 22.3. The lowest BCUT2D eigenvalue weighted by Gasteiger charge is -2.16. The SMILES string of the molecule is NC[C@@H](C(=O)Nc1ccc2ccccc2c1)c1ccc(COC(=O)c2ccccc2)cc1. The maximum absolute atomic E-state index is 12.9. The number of nitrogens with two attached hydrogens (primary N) is 1. The molecule has 32 heavy (non-hydrogen) atoms. The molecule has 4 aromatic carbocycles. The highest BCUT2D eigenvalue weighted by Crippen LogP contribution is 2.22. The van der Waals surface area contributed by atoms with Crippen LogP contribution in [0.3, 0.4) is 0 Å². The molecule has 3 N–H and O–H groups in total. The van der Waals surface area contributed by atoms with Gasteiger partial charge >= 0.3 is 5.97 Å². The molecule has 4 aromatic rings. The molecule has 0 aliphatic carbocycles. The van der Waals surface area contributed by atoms with Gasteiger partial charge in [-0.3, -0.25) is 4.79 Å². The predicted molar refractivity (Wildman–Crippen MR) is 126 cm³/mol. The van der Waals surface area contributed by atoms with Crippen LogP contribution < -0.4 is 11.1 Å². The van der Waals surface area contributed by atoms with Crippen LogP contribution in [0.5, 0.6) is 0 Å². The number of carbonyl (C=O) groups is 2. The van der Waals surface area contributed by atoms with Crippen LogP contribution in [0.4, 0.5) is 5.69 Å². The summed E-state index contributed by atoms with van der Waals surface area (Å²) in [5.74, 6) is -1.02. The van der Waals surface area contributed by atoms with Crippen LogP contribution in [0.25, 0.3) is 10.8 Å². The molecule has 4 rings (SSSR count). The molecule has 1 atom stereocenters. The van der Waals surface area contributed by atoms with Crippen molar-refractivity contribution in [2.45, 2.75) is 12.5 Å². The fourth-order valence-electron chi connectivity index (χ4n) is 3.54. The molecule has 0 saturated heterocycles. The molecule has 0 aliphatic heterocycles. The molecule has 0 aromatic heterocycles. The Balaban J connectivity index is 1.39. The lowest BCUT2D eigenvalue weighted by atomic mass is 9.97. The van der Waals surface area contributed by atoms with Gasteiger partial charge in [0.05, 0.1) is 11.5 Å². The number of benzene rings is 4. The van der Waals surface area contributed by atoms with E-state index in [1.54, 1.807) is 24.3 Å². The minimum Gasteiger partial charge on any atom is -0.457 e. The van der Waals surface area contributed by atoms with Crippen molar-refractivity contribution in [1.82, 2.24) is 0 Å². The highest BCUT2D eigenvalue weighted by molar-refractivity contribution is 5.98. The molecule has 0 aliphatic rings. The number of amides is 1. The molecular formula is C27H24N2O3. The smallest absolute Gasteiger partial charge is 0.338 e. The van der Waals surface area contributed by atoms with Gasteiger partial charge in [0.2, 0.25) is 5.91 Å². The lowest BCUT2D eigenvalue weighted by Crippen LogP contribution is -2.27. The van der Waals surface area contributed by atoms with E-state index in [0.717, 1.165) is 27.6 Å². The second-order valence-corrected chi connectivity index (χ2v) is 7.52. The van der Waals surface area contributed by atoms with Gasteiger partial charge in [-0.2, -0.15) is 0 Å². The van der Waals surface area contributed by atoms with E-state index in [-0.39, 0.29) is 25.0 Å².